The van der Waals surface area contributed by atoms with Gasteiger partial charge in [-0.2, -0.15) is 0 Å². The molecule has 5 N–H and O–H groups in total. The van der Waals surface area contributed by atoms with Crippen LogP contribution in [0.1, 0.15) is 29.8 Å². The minimum atomic E-state index is -0.911. The highest BCUT2D eigenvalue weighted by Gasteiger charge is 2.51. The van der Waals surface area contributed by atoms with E-state index in [4.69, 9.17) is 39.1 Å². The Morgan fingerprint density at radius 2 is 2.11 bits per heavy atom. The standard InChI is InChI=1S/C23H26Cl2N6O4S/c24-23(25)9-13(23)10-30-22(34)17-2-1-6-31(17)19(32)11-29-16-4-3-14(8-15(16)20(26)21(27)33)35-12-18-28-5-7-36-18/h3-5,7-8,13,17,26,29H,1-2,6,9-12H2,(H2,27,33)(H,30,34). The van der Waals surface area contributed by atoms with Crippen molar-refractivity contribution < 1.29 is 19.1 Å². The molecule has 0 spiro atoms. The number of carbonyl (C=O) groups is 3. The number of halogens is 2. The molecule has 1 saturated carbocycles. The maximum atomic E-state index is 13.0. The number of aromatic nitrogens is 1. The summed E-state index contributed by atoms with van der Waals surface area (Å²) in [6.45, 7) is 0.947. The number of thiazole rings is 1. The van der Waals surface area contributed by atoms with Gasteiger partial charge in [0.2, 0.25) is 11.8 Å². The van der Waals surface area contributed by atoms with Gasteiger partial charge in [-0.1, -0.05) is 0 Å². The smallest absolute Gasteiger partial charge is 0.267 e. The number of ether oxygens (including phenoxy) is 1. The molecule has 2 unspecified atom stereocenters. The molecule has 2 heterocycles. The second-order valence-corrected chi connectivity index (χ2v) is 11.2. The van der Waals surface area contributed by atoms with Gasteiger partial charge in [-0.3, -0.25) is 19.8 Å². The first-order valence-corrected chi connectivity index (χ1v) is 13.0. The van der Waals surface area contributed by atoms with E-state index in [0.717, 1.165) is 5.01 Å². The van der Waals surface area contributed by atoms with E-state index in [1.54, 1.807) is 18.3 Å². The highest BCUT2D eigenvalue weighted by Crippen LogP contribution is 2.52. The van der Waals surface area contributed by atoms with Crippen LogP contribution in [-0.2, 0) is 21.0 Å². The molecule has 1 aromatic carbocycles. The fourth-order valence-corrected chi connectivity index (χ4v) is 5.07. The minimum Gasteiger partial charge on any atom is -0.486 e. The molecule has 0 bridgehead atoms. The van der Waals surface area contributed by atoms with Crippen molar-refractivity contribution in [3.05, 3.63) is 40.3 Å². The summed E-state index contributed by atoms with van der Waals surface area (Å²) < 4.78 is 4.94. The van der Waals surface area contributed by atoms with Gasteiger partial charge < -0.3 is 26.0 Å². The summed E-state index contributed by atoms with van der Waals surface area (Å²) in [7, 11) is 0. The molecule has 1 saturated heterocycles. The van der Waals surface area contributed by atoms with Gasteiger partial charge in [0.05, 0.1) is 6.54 Å². The summed E-state index contributed by atoms with van der Waals surface area (Å²) in [6, 6.07) is 4.23. The molecule has 2 aliphatic rings. The Kier molecular flexibility index (Phi) is 8.01. The third-order valence-corrected chi connectivity index (χ3v) is 7.82. The number of alkyl halides is 2. The first-order valence-electron chi connectivity index (χ1n) is 11.4. The van der Waals surface area contributed by atoms with Crippen LogP contribution >= 0.6 is 34.5 Å². The lowest BCUT2D eigenvalue weighted by atomic mass is 10.1. The van der Waals surface area contributed by atoms with Gasteiger partial charge in [-0.05, 0) is 37.5 Å². The van der Waals surface area contributed by atoms with Gasteiger partial charge in [-0.15, -0.1) is 34.5 Å². The quantitative estimate of drug-likeness (QED) is 0.248. The summed E-state index contributed by atoms with van der Waals surface area (Å²) in [4.78, 5) is 43.0. The van der Waals surface area contributed by atoms with E-state index in [1.807, 2.05) is 5.38 Å². The van der Waals surface area contributed by atoms with Gasteiger partial charge in [0.1, 0.15) is 33.5 Å². The number of hydrogen-bond acceptors (Lipinski definition) is 8. The maximum absolute atomic E-state index is 13.0. The minimum absolute atomic E-state index is 0.0181. The molecule has 36 heavy (non-hydrogen) atoms. The van der Waals surface area contributed by atoms with Crippen molar-refractivity contribution in [1.29, 1.82) is 5.41 Å². The Morgan fingerprint density at radius 1 is 1.33 bits per heavy atom. The van der Waals surface area contributed by atoms with Crippen LogP contribution in [0.2, 0.25) is 0 Å². The molecule has 192 valence electrons. The predicted molar refractivity (Wildman–Crippen MR) is 138 cm³/mol. The van der Waals surface area contributed by atoms with Crippen molar-refractivity contribution in [2.75, 3.05) is 25.0 Å². The van der Waals surface area contributed by atoms with E-state index in [0.29, 0.717) is 43.8 Å². The first kappa shape index (κ1) is 26.2. The number of primary amides is 1. The van der Waals surface area contributed by atoms with Gasteiger partial charge >= 0.3 is 0 Å². The third kappa shape index (κ3) is 6.26. The Bertz CT molecular complexity index is 1160. The number of nitrogens with two attached hydrogens (primary N) is 1. The topological polar surface area (TPSA) is 150 Å². The molecule has 13 heteroatoms. The lowest BCUT2D eigenvalue weighted by Crippen LogP contribution is -2.48. The number of anilines is 1. The van der Waals surface area contributed by atoms with Crippen molar-refractivity contribution in [2.45, 2.75) is 36.2 Å². The van der Waals surface area contributed by atoms with E-state index in [2.05, 4.69) is 15.6 Å². The highest BCUT2D eigenvalue weighted by molar-refractivity contribution is 7.09. The third-order valence-electron chi connectivity index (χ3n) is 6.14. The monoisotopic (exact) mass is 552 g/mol. The zero-order chi connectivity index (χ0) is 25.9. The molecule has 2 atom stereocenters. The average molecular weight is 553 g/mol. The van der Waals surface area contributed by atoms with Gasteiger partial charge in [0, 0.05) is 41.8 Å². The van der Waals surface area contributed by atoms with E-state index in [-0.39, 0.29) is 36.4 Å². The maximum Gasteiger partial charge on any atom is 0.267 e. The summed E-state index contributed by atoms with van der Waals surface area (Å²) in [5.74, 6) is -0.970. The van der Waals surface area contributed by atoms with E-state index in [1.165, 1.54) is 22.3 Å². The fourth-order valence-electron chi connectivity index (χ4n) is 4.02. The van der Waals surface area contributed by atoms with E-state index in [9.17, 15) is 14.4 Å². The molecule has 1 aliphatic heterocycles. The molecule has 2 aromatic rings. The van der Waals surface area contributed by atoms with Crippen LogP contribution in [0, 0.1) is 11.3 Å². The zero-order valence-corrected chi connectivity index (χ0v) is 21.6. The zero-order valence-electron chi connectivity index (χ0n) is 19.3. The highest BCUT2D eigenvalue weighted by atomic mass is 35.5. The fraction of sp³-hybridized carbons (Fsp3) is 0.435. The number of hydrogen-bond donors (Lipinski definition) is 4. The number of likely N-dealkylation sites (tertiary alicyclic amines) is 1. The SMILES string of the molecule is N=C(C(N)=O)c1cc(OCc2nccs2)ccc1NCC(=O)N1CCCC1C(=O)NCC1CC1(Cl)Cl. The Morgan fingerprint density at radius 3 is 2.78 bits per heavy atom. The van der Waals surface area contributed by atoms with Crippen LogP contribution in [0.4, 0.5) is 5.69 Å². The van der Waals surface area contributed by atoms with Gasteiger partial charge in [0.15, 0.2) is 0 Å². The average Bonchev–Trinajstić information content (AvgIpc) is 3.29. The van der Waals surface area contributed by atoms with Gasteiger partial charge in [-0.25, -0.2) is 4.98 Å². The van der Waals surface area contributed by atoms with Crippen LogP contribution in [0.3, 0.4) is 0 Å². The molecular formula is C23H26Cl2N6O4S. The number of nitrogens with zero attached hydrogens (tertiary/aromatic N) is 2. The number of benzene rings is 1. The van der Waals surface area contributed by atoms with Crippen LogP contribution < -0.4 is 21.1 Å². The van der Waals surface area contributed by atoms with Crippen LogP contribution in [0.15, 0.2) is 29.8 Å². The van der Waals surface area contributed by atoms with Crippen molar-refractivity contribution in [1.82, 2.24) is 15.2 Å². The van der Waals surface area contributed by atoms with Crippen molar-refractivity contribution in [3.8, 4) is 5.75 Å². The van der Waals surface area contributed by atoms with Crippen molar-refractivity contribution >= 4 is 63.7 Å². The Hall–Kier alpha value is -2.89. The molecule has 1 aromatic heterocycles. The molecular weight excluding hydrogens is 527 g/mol. The molecule has 4 rings (SSSR count). The number of rotatable bonds is 11. The predicted octanol–water partition coefficient (Wildman–Crippen LogP) is 2.29. The second kappa shape index (κ2) is 11.0. The van der Waals surface area contributed by atoms with Crippen LogP contribution in [0.25, 0.3) is 0 Å². The molecule has 1 aliphatic carbocycles. The van der Waals surface area contributed by atoms with Crippen LogP contribution in [0.5, 0.6) is 5.75 Å². The molecule has 0 radical (unpaired) electrons. The summed E-state index contributed by atoms with van der Waals surface area (Å²) in [5, 5.41) is 16.5. The van der Waals surface area contributed by atoms with E-state index < -0.39 is 22.0 Å². The van der Waals surface area contributed by atoms with Crippen LogP contribution in [-0.4, -0.2) is 63.3 Å². The number of carbonyl (C=O) groups excluding carboxylic acids is 3. The number of nitrogens with one attached hydrogen (secondary N) is 3. The van der Waals surface area contributed by atoms with Crippen molar-refractivity contribution in [3.63, 3.8) is 0 Å². The lowest BCUT2D eigenvalue weighted by Gasteiger charge is -2.24. The Balaban J connectivity index is 1.38. The summed E-state index contributed by atoms with van der Waals surface area (Å²) in [6.07, 6.45) is 3.58. The summed E-state index contributed by atoms with van der Waals surface area (Å²) in [5.41, 5.74) is 5.50. The lowest BCUT2D eigenvalue weighted by molar-refractivity contribution is -0.137. The molecule has 10 nitrogen and oxygen atoms in total. The molecule has 2 fully saturated rings. The Labute approximate surface area is 222 Å². The van der Waals surface area contributed by atoms with Crippen molar-refractivity contribution in [2.24, 2.45) is 11.7 Å². The first-order chi connectivity index (χ1) is 17.2. The normalized spacial score (nSPS) is 20.0. The largest absolute Gasteiger partial charge is 0.486 e. The summed E-state index contributed by atoms with van der Waals surface area (Å²) >= 11 is 13.5. The second-order valence-electron chi connectivity index (χ2n) is 8.67. The van der Waals surface area contributed by atoms with Gasteiger partial charge in [0.25, 0.3) is 5.91 Å². The van der Waals surface area contributed by atoms with E-state index >= 15 is 0 Å². The number of amides is 3. The molecule has 3 amide bonds.